The second-order valence-corrected chi connectivity index (χ2v) is 7.94. The number of rotatable bonds is 5. The average Bonchev–Trinajstić information content (AvgIpc) is 2.98. The Morgan fingerprint density at radius 2 is 2.00 bits per heavy atom. The van der Waals surface area contributed by atoms with Crippen LogP contribution >= 0.6 is 22.9 Å². The Kier molecular flexibility index (Phi) is 5.28. The van der Waals surface area contributed by atoms with Gasteiger partial charge in [-0.15, -0.1) is 11.6 Å². The Bertz CT molecular complexity index is 878. The molecule has 0 saturated carbocycles. The smallest absolute Gasteiger partial charge is 0.188 e. The maximum atomic E-state index is 11.4. The quantitative estimate of drug-likeness (QED) is 0.653. The second-order valence-electron chi connectivity index (χ2n) is 5.21. The minimum absolute atomic E-state index is 0.407. The van der Waals surface area contributed by atoms with Crippen LogP contribution in [0.4, 0.5) is 10.8 Å². The van der Waals surface area contributed by atoms with E-state index in [9.17, 15) is 4.21 Å². The van der Waals surface area contributed by atoms with Crippen molar-refractivity contribution in [3.63, 3.8) is 0 Å². The van der Waals surface area contributed by atoms with Crippen molar-refractivity contribution >= 4 is 44.6 Å². The number of halogens is 1. The number of thiazole rings is 1. The zero-order valence-electron chi connectivity index (χ0n) is 13.2. The van der Waals surface area contributed by atoms with Crippen LogP contribution in [0, 0.1) is 6.92 Å². The van der Waals surface area contributed by atoms with Gasteiger partial charge < -0.3 is 5.32 Å². The van der Waals surface area contributed by atoms with E-state index in [4.69, 9.17) is 11.6 Å². The van der Waals surface area contributed by atoms with E-state index in [2.05, 4.69) is 15.3 Å². The van der Waals surface area contributed by atoms with Crippen molar-refractivity contribution in [1.29, 1.82) is 0 Å². The molecule has 0 aliphatic carbocycles. The molecule has 3 aromatic rings. The molecule has 1 aromatic carbocycles. The summed E-state index contributed by atoms with van der Waals surface area (Å²) in [7, 11) is -0.976. The zero-order chi connectivity index (χ0) is 17.1. The molecule has 0 aliphatic rings. The van der Waals surface area contributed by atoms with E-state index in [1.54, 1.807) is 12.5 Å². The minimum Gasteiger partial charge on any atom is -0.332 e. The standard InChI is InChI=1S/C17H16ClN3OS2/c1-11-9-12(7-8-19-11)16-15(10-18)23-17(21-16)20-13-3-5-14(6-4-13)24(2)22/h3-9H,10H2,1-2H3,(H,20,21). The van der Waals surface area contributed by atoms with Gasteiger partial charge in [-0.3, -0.25) is 9.19 Å². The lowest BCUT2D eigenvalue weighted by atomic mass is 10.1. The lowest BCUT2D eigenvalue weighted by Crippen LogP contribution is -1.92. The van der Waals surface area contributed by atoms with Gasteiger partial charge in [0.25, 0.3) is 0 Å². The van der Waals surface area contributed by atoms with E-state index in [0.717, 1.165) is 37.5 Å². The van der Waals surface area contributed by atoms with Crippen LogP contribution in [0.5, 0.6) is 0 Å². The molecule has 1 atom stereocenters. The molecule has 1 unspecified atom stereocenters. The highest BCUT2D eigenvalue weighted by Gasteiger charge is 2.13. The van der Waals surface area contributed by atoms with Crippen molar-refractivity contribution in [3.8, 4) is 11.3 Å². The van der Waals surface area contributed by atoms with Gasteiger partial charge in [-0.1, -0.05) is 11.3 Å². The van der Waals surface area contributed by atoms with Gasteiger partial charge in [-0.2, -0.15) is 0 Å². The third-order valence-corrected chi connectivity index (χ3v) is 5.76. The number of hydrogen-bond donors (Lipinski definition) is 1. The summed E-state index contributed by atoms with van der Waals surface area (Å²) in [4.78, 5) is 10.7. The first-order chi connectivity index (χ1) is 11.6. The highest BCUT2D eigenvalue weighted by atomic mass is 35.5. The Morgan fingerprint density at radius 1 is 1.25 bits per heavy atom. The number of anilines is 2. The van der Waals surface area contributed by atoms with E-state index < -0.39 is 10.8 Å². The molecule has 24 heavy (non-hydrogen) atoms. The highest BCUT2D eigenvalue weighted by molar-refractivity contribution is 7.84. The van der Waals surface area contributed by atoms with E-state index in [0.29, 0.717) is 5.88 Å². The Labute approximate surface area is 152 Å². The molecule has 2 heterocycles. The molecule has 4 nitrogen and oxygen atoms in total. The first-order valence-electron chi connectivity index (χ1n) is 7.26. The Hall–Kier alpha value is -1.76. The van der Waals surface area contributed by atoms with Crippen molar-refractivity contribution in [2.45, 2.75) is 17.7 Å². The van der Waals surface area contributed by atoms with Gasteiger partial charge >= 0.3 is 0 Å². The summed E-state index contributed by atoms with van der Waals surface area (Å²) in [5.41, 5.74) is 3.74. The summed E-state index contributed by atoms with van der Waals surface area (Å²) < 4.78 is 11.4. The largest absolute Gasteiger partial charge is 0.332 e. The normalized spacial score (nSPS) is 12.1. The van der Waals surface area contributed by atoms with Crippen LogP contribution in [-0.4, -0.2) is 20.4 Å². The number of hydrogen-bond acceptors (Lipinski definition) is 5. The monoisotopic (exact) mass is 377 g/mol. The van der Waals surface area contributed by atoms with E-state index >= 15 is 0 Å². The second kappa shape index (κ2) is 7.42. The molecular formula is C17H16ClN3OS2. The zero-order valence-corrected chi connectivity index (χ0v) is 15.6. The third kappa shape index (κ3) is 3.83. The van der Waals surface area contributed by atoms with Crippen molar-refractivity contribution in [2.75, 3.05) is 11.6 Å². The molecule has 0 spiro atoms. The number of aryl methyl sites for hydroxylation is 1. The third-order valence-electron chi connectivity index (χ3n) is 3.43. The summed E-state index contributed by atoms with van der Waals surface area (Å²) in [5, 5.41) is 4.06. The van der Waals surface area contributed by atoms with E-state index in [1.807, 2.05) is 43.3 Å². The van der Waals surface area contributed by atoms with Crippen molar-refractivity contribution < 1.29 is 4.21 Å². The maximum Gasteiger partial charge on any atom is 0.188 e. The Balaban J connectivity index is 1.88. The van der Waals surface area contributed by atoms with E-state index in [-0.39, 0.29) is 0 Å². The number of aromatic nitrogens is 2. The van der Waals surface area contributed by atoms with Crippen molar-refractivity contribution in [3.05, 3.63) is 53.2 Å². The summed E-state index contributed by atoms with van der Waals surface area (Å²) in [6, 6.07) is 11.4. The topological polar surface area (TPSA) is 54.9 Å². The van der Waals surface area contributed by atoms with Crippen LogP contribution in [0.3, 0.4) is 0 Å². The fourth-order valence-electron chi connectivity index (χ4n) is 2.27. The van der Waals surface area contributed by atoms with Gasteiger partial charge in [-0.25, -0.2) is 4.98 Å². The van der Waals surface area contributed by atoms with Gasteiger partial charge in [-0.05, 0) is 43.3 Å². The molecule has 2 aromatic heterocycles. The van der Waals surface area contributed by atoms with Gasteiger partial charge in [0, 0.05) is 50.0 Å². The average molecular weight is 378 g/mol. The van der Waals surface area contributed by atoms with Crippen LogP contribution in [0.2, 0.25) is 0 Å². The lowest BCUT2D eigenvalue weighted by Gasteiger charge is -2.03. The van der Waals surface area contributed by atoms with Crippen LogP contribution in [0.25, 0.3) is 11.3 Å². The number of nitrogens with zero attached hydrogens (tertiary/aromatic N) is 2. The number of pyridine rings is 1. The van der Waals surface area contributed by atoms with Gasteiger partial charge in [0.15, 0.2) is 5.13 Å². The van der Waals surface area contributed by atoms with Gasteiger partial charge in [0.2, 0.25) is 0 Å². The van der Waals surface area contributed by atoms with Gasteiger partial charge in [0.05, 0.1) is 11.6 Å². The predicted octanol–water partition coefficient (Wildman–Crippen LogP) is 4.73. The molecule has 0 bridgehead atoms. The van der Waals surface area contributed by atoms with Crippen LogP contribution < -0.4 is 5.32 Å². The molecule has 0 aliphatic heterocycles. The first kappa shape index (κ1) is 17.1. The van der Waals surface area contributed by atoms with Crippen LogP contribution in [0.15, 0.2) is 47.5 Å². The summed E-state index contributed by atoms with van der Waals surface area (Å²) in [6.07, 6.45) is 3.44. The molecule has 0 fully saturated rings. The molecule has 0 saturated heterocycles. The van der Waals surface area contributed by atoms with Crippen LogP contribution in [0.1, 0.15) is 10.6 Å². The number of nitrogens with one attached hydrogen (secondary N) is 1. The predicted molar refractivity (Wildman–Crippen MR) is 102 cm³/mol. The molecule has 0 amide bonds. The maximum absolute atomic E-state index is 11.4. The summed E-state index contributed by atoms with van der Waals surface area (Å²) in [6.45, 7) is 1.95. The fraction of sp³-hybridized carbons (Fsp3) is 0.176. The van der Waals surface area contributed by atoms with Crippen LogP contribution in [-0.2, 0) is 16.7 Å². The number of alkyl halides is 1. The molecule has 1 N–H and O–H groups in total. The summed E-state index contributed by atoms with van der Waals surface area (Å²) >= 11 is 7.62. The van der Waals surface area contributed by atoms with Gasteiger partial charge in [0.1, 0.15) is 0 Å². The fourth-order valence-corrected chi connectivity index (χ4v) is 3.93. The SMILES string of the molecule is Cc1cc(-c2nc(Nc3ccc(S(C)=O)cc3)sc2CCl)ccn1. The highest BCUT2D eigenvalue weighted by Crippen LogP contribution is 2.33. The summed E-state index contributed by atoms with van der Waals surface area (Å²) in [5.74, 6) is 0.407. The van der Waals surface area contributed by atoms with E-state index in [1.165, 1.54) is 11.3 Å². The van der Waals surface area contributed by atoms with Crippen molar-refractivity contribution in [1.82, 2.24) is 9.97 Å². The molecule has 0 radical (unpaired) electrons. The molecule has 7 heteroatoms. The number of benzene rings is 1. The lowest BCUT2D eigenvalue weighted by molar-refractivity contribution is 0.687. The molecule has 124 valence electrons. The molecular weight excluding hydrogens is 362 g/mol. The molecule has 3 rings (SSSR count). The first-order valence-corrected chi connectivity index (χ1v) is 10.2. The van der Waals surface area contributed by atoms with Crippen molar-refractivity contribution in [2.24, 2.45) is 0 Å². The Morgan fingerprint density at radius 3 is 2.62 bits per heavy atom. The minimum atomic E-state index is -0.976.